The monoisotopic (exact) mass is 192 g/mol. The summed E-state index contributed by atoms with van der Waals surface area (Å²) in [7, 11) is 0. The van der Waals surface area contributed by atoms with Crippen molar-refractivity contribution in [2.75, 3.05) is 19.6 Å². The lowest BCUT2D eigenvalue weighted by Crippen LogP contribution is -2.48. The van der Waals surface area contributed by atoms with Crippen molar-refractivity contribution in [3.63, 3.8) is 0 Å². The Kier molecular flexibility index (Phi) is 3.70. The molecule has 0 atom stereocenters. The quantitative estimate of drug-likeness (QED) is 0.642. The minimum absolute atomic E-state index is 1.10. The fraction of sp³-hybridized carbons (Fsp3) is 0.538. The number of aryl methyl sites for hydroxylation is 1. The van der Waals surface area contributed by atoms with Crippen LogP contribution in [0.3, 0.4) is 0 Å². The normalized spacial score (nSPS) is 11.7. The molecule has 0 fully saturated rings. The zero-order valence-electron chi connectivity index (χ0n) is 9.88. The Morgan fingerprint density at radius 3 is 1.64 bits per heavy atom. The highest BCUT2D eigenvalue weighted by molar-refractivity contribution is 5.44. The van der Waals surface area contributed by atoms with Gasteiger partial charge in [-0.1, -0.05) is 17.7 Å². The van der Waals surface area contributed by atoms with Crippen molar-refractivity contribution in [2.24, 2.45) is 0 Å². The third-order valence-corrected chi connectivity index (χ3v) is 3.40. The van der Waals surface area contributed by atoms with E-state index in [1.807, 2.05) is 0 Å². The summed E-state index contributed by atoms with van der Waals surface area (Å²) in [5.41, 5.74) is 2.79. The summed E-state index contributed by atoms with van der Waals surface area (Å²) >= 11 is 0. The molecule has 78 valence electrons. The van der Waals surface area contributed by atoms with Gasteiger partial charge < -0.3 is 0 Å². The fourth-order valence-electron chi connectivity index (χ4n) is 2.08. The van der Waals surface area contributed by atoms with E-state index in [-0.39, 0.29) is 0 Å². The molecule has 0 radical (unpaired) electrons. The maximum absolute atomic E-state index is 2.27. The Labute approximate surface area is 88.0 Å². The summed E-state index contributed by atoms with van der Waals surface area (Å²) in [4.78, 5) is 0. The highest BCUT2D eigenvalue weighted by Crippen LogP contribution is 2.22. The second-order valence-corrected chi connectivity index (χ2v) is 3.93. The molecule has 0 N–H and O–H groups in total. The molecule has 0 aromatic heterocycles. The molecule has 0 bridgehead atoms. The van der Waals surface area contributed by atoms with Crippen LogP contribution in [0.15, 0.2) is 24.3 Å². The van der Waals surface area contributed by atoms with Gasteiger partial charge in [0.05, 0.1) is 19.6 Å². The van der Waals surface area contributed by atoms with Crippen LogP contribution in [0.4, 0.5) is 5.69 Å². The van der Waals surface area contributed by atoms with Crippen LogP contribution in [0.1, 0.15) is 26.3 Å². The summed E-state index contributed by atoms with van der Waals surface area (Å²) in [6, 6.07) is 8.96. The Morgan fingerprint density at radius 1 is 0.857 bits per heavy atom. The number of nitrogens with zero attached hydrogens (tertiary/aromatic N) is 1. The molecule has 0 aliphatic rings. The van der Waals surface area contributed by atoms with Crippen LogP contribution in [-0.4, -0.2) is 19.6 Å². The second kappa shape index (κ2) is 4.61. The number of quaternary nitrogens is 1. The highest BCUT2D eigenvalue weighted by Gasteiger charge is 2.23. The molecule has 0 saturated carbocycles. The van der Waals surface area contributed by atoms with Gasteiger partial charge in [0, 0.05) is 0 Å². The first-order valence-electron chi connectivity index (χ1n) is 5.61. The highest BCUT2D eigenvalue weighted by atomic mass is 15.3. The summed E-state index contributed by atoms with van der Waals surface area (Å²) in [5.74, 6) is 0. The van der Waals surface area contributed by atoms with Crippen LogP contribution in [0.25, 0.3) is 0 Å². The maximum atomic E-state index is 2.27. The van der Waals surface area contributed by atoms with Crippen LogP contribution < -0.4 is 4.48 Å². The van der Waals surface area contributed by atoms with Gasteiger partial charge in [-0.3, -0.25) is 4.48 Å². The van der Waals surface area contributed by atoms with E-state index in [0.29, 0.717) is 0 Å². The van der Waals surface area contributed by atoms with Gasteiger partial charge in [0.15, 0.2) is 0 Å². The van der Waals surface area contributed by atoms with Gasteiger partial charge in [0.25, 0.3) is 0 Å². The summed E-state index contributed by atoms with van der Waals surface area (Å²) in [5, 5.41) is 0. The Balaban J connectivity index is 3.05. The maximum Gasteiger partial charge on any atom is 0.132 e. The van der Waals surface area contributed by atoms with Gasteiger partial charge in [0.1, 0.15) is 5.69 Å². The zero-order valence-corrected chi connectivity index (χ0v) is 9.88. The summed E-state index contributed by atoms with van der Waals surface area (Å²) < 4.78 is 1.10. The third kappa shape index (κ3) is 1.98. The second-order valence-electron chi connectivity index (χ2n) is 3.93. The zero-order chi connectivity index (χ0) is 10.6. The predicted molar refractivity (Wildman–Crippen MR) is 64.6 cm³/mol. The Hall–Kier alpha value is -0.820. The van der Waals surface area contributed by atoms with Crippen molar-refractivity contribution >= 4 is 5.69 Å². The van der Waals surface area contributed by atoms with Crippen LogP contribution in [0.5, 0.6) is 0 Å². The standard InChI is InChI=1S/C13H22N/c1-5-14(6-2,7-3)13-10-8-12(4)9-11-13/h8-11H,5-7H2,1-4H3/q+1. The lowest BCUT2D eigenvalue weighted by molar-refractivity contribution is 0.316. The van der Waals surface area contributed by atoms with Crippen LogP contribution in [0, 0.1) is 6.92 Å². The first-order valence-corrected chi connectivity index (χ1v) is 5.61. The van der Waals surface area contributed by atoms with Crippen molar-refractivity contribution in [1.82, 2.24) is 4.48 Å². The van der Waals surface area contributed by atoms with Gasteiger partial charge >= 0.3 is 0 Å². The van der Waals surface area contributed by atoms with Crippen LogP contribution in [-0.2, 0) is 0 Å². The van der Waals surface area contributed by atoms with E-state index < -0.39 is 0 Å². The molecule has 1 aromatic rings. The molecule has 0 saturated heterocycles. The van der Waals surface area contributed by atoms with Gasteiger partial charge in [-0.25, -0.2) is 0 Å². The van der Waals surface area contributed by atoms with E-state index in [9.17, 15) is 0 Å². The number of rotatable bonds is 4. The number of hydrogen-bond donors (Lipinski definition) is 0. The molecule has 0 spiro atoms. The Morgan fingerprint density at radius 2 is 1.29 bits per heavy atom. The van der Waals surface area contributed by atoms with Gasteiger partial charge in [-0.2, -0.15) is 0 Å². The SMILES string of the molecule is CC[N+](CC)(CC)c1ccc(C)cc1. The molecule has 1 nitrogen and oxygen atoms in total. The van der Waals surface area contributed by atoms with Crippen molar-refractivity contribution in [1.29, 1.82) is 0 Å². The van der Waals surface area contributed by atoms with Crippen molar-refractivity contribution < 1.29 is 0 Å². The molecular formula is C13H22N+. The molecule has 0 aliphatic carbocycles. The molecule has 1 aromatic carbocycles. The van der Waals surface area contributed by atoms with Gasteiger partial charge in [0.2, 0.25) is 0 Å². The lowest BCUT2D eigenvalue weighted by atomic mass is 10.2. The van der Waals surface area contributed by atoms with Crippen molar-refractivity contribution in [3.05, 3.63) is 29.8 Å². The number of benzene rings is 1. The molecule has 14 heavy (non-hydrogen) atoms. The van der Waals surface area contributed by atoms with Gasteiger partial charge in [-0.15, -0.1) is 0 Å². The molecule has 0 heterocycles. The van der Waals surface area contributed by atoms with E-state index >= 15 is 0 Å². The van der Waals surface area contributed by atoms with Gasteiger partial charge in [-0.05, 0) is 39.8 Å². The first-order chi connectivity index (χ1) is 6.68. The van der Waals surface area contributed by atoms with E-state index in [1.54, 1.807) is 0 Å². The smallest absolute Gasteiger partial charge is 0.132 e. The van der Waals surface area contributed by atoms with E-state index in [0.717, 1.165) is 4.48 Å². The van der Waals surface area contributed by atoms with E-state index in [1.165, 1.54) is 30.9 Å². The molecule has 1 heteroatoms. The summed E-state index contributed by atoms with van der Waals surface area (Å²) in [6.07, 6.45) is 0. The summed E-state index contributed by atoms with van der Waals surface area (Å²) in [6.45, 7) is 12.5. The topological polar surface area (TPSA) is 0 Å². The average Bonchev–Trinajstić information content (AvgIpc) is 2.24. The minimum Gasteiger partial charge on any atom is -0.292 e. The third-order valence-electron chi connectivity index (χ3n) is 3.40. The van der Waals surface area contributed by atoms with Crippen LogP contribution >= 0.6 is 0 Å². The van der Waals surface area contributed by atoms with Crippen molar-refractivity contribution in [3.8, 4) is 0 Å². The molecule has 1 rings (SSSR count). The molecule has 0 unspecified atom stereocenters. The van der Waals surface area contributed by atoms with Crippen LogP contribution in [0.2, 0.25) is 0 Å². The van der Waals surface area contributed by atoms with E-state index in [2.05, 4.69) is 52.0 Å². The lowest BCUT2D eigenvalue weighted by Gasteiger charge is -2.35. The minimum atomic E-state index is 1.10. The molecular weight excluding hydrogens is 170 g/mol. The number of hydrogen-bond acceptors (Lipinski definition) is 0. The average molecular weight is 192 g/mol. The molecule has 0 amide bonds. The first kappa shape index (κ1) is 11.3. The Bertz CT molecular complexity index is 262. The van der Waals surface area contributed by atoms with E-state index in [4.69, 9.17) is 0 Å². The van der Waals surface area contributed by atoms with Crippen molar-refractivity contribution in [2.45, 2.75) is 27.7 Å². The predicted octanol–water partition coefficient (Wildman–Crippen LogP) is 3.36. The fourth-order valence-corrected chi connectivity index (χ4v) is 2.08. The molecule has 0 aliphatic heterocycles. The largest absolute Gasteiger partial charge is 0.292 e.